The van der Waals surface area contributed by atoms with Gasteiger partial charge in [-0.25, -0.2) is 0 Å². The third-order valence-corrected chi connectivity index (χ3v) is 4.33. The number of amides is 1. The molecule has 0 saturated carbocycles. The number of carbonyl (C=O) groups is 1. The Hall–Kier alpha value is -0.830. The second-order valence-electron chi connectivity index (χ2n) is 5.96. The molecule has 3 heteroatoms. The number of hydrogen-bond acceptors (Lipinski definition) is 2. The van der Waals surface area contributed by atoms with Crippen LogP contribution in [0.2, 0.25) is 0 Å². The lowest BCUT2D eigenvalue weighted by Gasteiger charge is -2.22. The highest BCUT2D eigenvalue weighted by Crippen LogP contribution is 2.19. The van der Waals surface area contributed by atoms with Crippen LogP contribution in [0.5, 0.6) is 0 Å². The molecule has 1 aliphatic heterocycles. The summed E-state index contributed by atoms with van der Waals surface area (Å²) in [6.45, 7) is 3.07. The van der Waals surface area contributed by atoms with Crippen molar-refractivity contribution in [3.05, 3.63) is 11.6 Å². The molecule has 1 aliphatic carbocycles. The molecule has 0 aromatic heterocycles. The zero-order valence-electron chi connectivity index (χ0n) is 12.0. The second-order valence-corrected chi connectivity index (χ2v) is 5.96. The fraction of sp³-hybridized carbons (Fsp3) is 0.812. The molecule has 2 N–H and O–H groups in total. The van der Waals surface area contributed by atoms with Crippen LogP contribution in [-0.2, 0) is 4.79 Å². The molecule has 1 atom stereocenters. The fourth-order valence-electron chi connectivity index (χ4n) is 3.09. The average molecular weight is 264 g/mol. The number of allylic oxidation sites excluding steroid dienone is 1. The lowest BCUT2D eigenvalue weighted by Crippen LogP contribution is -2.31. The molecule has 1 heterocycles. The first-order valence-electron chi connectivity index (χ1n) is 8.00. The third-order valence-electron chi connectivity index (χ3n) is 4.33. The van der Waals surface area contributed by atoms with Gasteiger partial charge in [0.1, 0.15) is 0 Å². The van der Waals surface area contributed by atoms with Gasteiger partial charge in [-0.15, -0.1) is 0 Å². The monoisotopic (exact) mass is 264 g/mol. The highest BCUT2D eigenvalue weighted by Gasteiger charge is 2.14. The first-order chi connectivity index (χ1) is 9.34. The number of piperidine rings is 1. The van der Waals surface area contributed by atoms with Crippen molar-refractivity contribution >= 4 is 5.91 Å². The van der Waals surface area contributed by atoms with Gasteiger partial charge < -0.3 is 10.6 Å². The van der Waals surface area contributed by atoms with E-state index < -0.39 is 0 Å². The van der Waals surface area contributed by atoms with Crippen LogP contribution in [0.25, 0.3) is 0 Å². The number of rotatable bonds is 6. The molecule has 0 bridgehead atoms. The van der Waals surface area contributed by atoms with Crippen molar-refractivity contribution in [1.82, 2.24) is 10.6 Å². The van der Waals surface area contributed by atoms with Crippen molar-refractivity contribution in [2.75, 3.05) is 19.6 Å². The quantitative estimate of drug-likeness (QED) is 0.724. The van der Waals surface area contributed by atoms with Gasteiger partial charge >= 0.3 is 0 Å². The number of carbonyl (C=O) groups excluding carboxylic acids is 1. The SMILES string of the molecule is O=C(CCC1CCCNC1)NCCC1=CCCCC1. The van der Waals surface area contributed by atoms with E-state index in [1.54, 1.807) is 5.57 Å². The fourth-order valence-corrected chi connectivity index (χ4v) is 3.09. The van der Waals surface area contributed by atoms with Gasteiger partial charge in [0.2, 0.25) is 5.91 Å². The Balaban J connectivity index is 1.52. The molecule has 0 aromatic rings. The van der Waals surface area contributed by atoms with Crippen LogP contribution < -0.4 is 10.6 Å². The smallest absolute Gasteiger partial charge is 0.220 e. The summed E-state index contributed by atoms with van der Waals surface area (Å²) in [4.78, 5) is 11.8. The minimum atomic E-state index is 0.238. The molecule has 2 aliphatic rings. The molecule has 1 saturated heterocycles. The molecule has 3 nitrogen and oxygen atoms in total. The lowest BCUT2D eigenvalue weighted by molar-refractivity contribution is -0.121. The molecule has 0 radical (unpaired) electrons. The normalized spacial score (nSPS) is 23.8. The van der Waals surface area contributed by atoms with Crippen LogP contribution >= 0.6 is 0 Å². The summed E-state index contributed by atoms with van der Waals surface area (Å²) in [5.41, 5.74) is 1.54. The van der Waals surface area contributed by atoms with E-state index in [1.807, 2.05) is 0 Å². The Morgan fingerprint density at radius 3 is 3.05 bits per heavy atom. The molecule has 1 fully saturated rings. The molecule has 1 unspecified atom stereocenters. The summed E-state index contributed by atoms with van der Waals surface area (Å²) in [6.07, 6.45) is 12.8. The molecule has 2 rings (SSSR count). The maximum atomic E-state index is 11.8. The van der Waals surface area contributed by atoms with Crippen LogP contribution in [0, 0.1) is 5.92 Å². The van der Waals surface area contributed by atoms with Gasteiger partial charge in [0.25, 0.3) is 0 Å². The van der Waals surface area contributed by atoms with Gasteiger partial charge in [-0.05, 0) is 70.4 Å². The topological polar surface area (TPSA) is 41.1 Å². The maximum absolute atomic E-state index is 11.8. The average Bonchev–Trinajstić information content (AvgIpc) is 2.47. The zero-order valence-corrected chi connectivity index (χ0v) is 12.0. The Labute approximate surface area is 117 Å². The van der Waals surface area contributed by atoms with E-state index in [2.05, 4.69) is 16.7 Å². The first-order valence-corrected chi connectivity index (χ1v) is 8.00. The zero-order chi connectivity index (χ0) is 13.3. The summed E-state index contributed by atoms with van der Waals surface area (Å²) < 4.78 is 0. The van der Waals surface area contributed by atoms with E-state index in [1.165, 1.54) is 38.5 Å². The van der Waals surface area contributed by atoms with E-state index >= 15 is 0 Å². The molecule has 19 heavy (non-hydrogen) atoms. The summed E-state index contributed by atoms with van der Waals surface area (Å²) in [6, 6.07) is 0. The summed E-state index contributed by atoms with van der Waals surface area (Å²) in [7, 11) is 0. The second kappa shape index (κ2) is 8.36. The van der Waals surface area contributed by atoms with Gasteiger partial charge in [0.05, 0.1) is 0 Å². The molecule has 108 valence electrons. The largest absolute Gasteiger partial charge is 0.356 e. The Bertz CT molecular complexity index is 306. The Morgan fingerprint density at radius 1 is 1.37 bits per heavy atom. The van der Waals surface area contributed by atoms with Crippen molar-refractivity contribution in [2.24, 2.45) is 5.92 Å². The summed E-state index contributed by atoms with van der Waals surface area (Å²) >= 11 is 0. The third kappa shape index (κ3) is 5.77. The van der Waals surface area contributed by atoms with Crippen LogP contribution in [0.4, 0.5) is 0 Å². The predicted molar refractivity (Wildman–Crippen MR) is 79.0 cm³/mol. The predicted octanol–water partition coefficient (Wildman–Crippen LogP) is 2.77. The highest BCUT2D eigenvalue weighted by molar-refractivity contribution is 5.75. The van der Waals surface area contributed by atoms with E-state index in [-0.39, 0.29) is 5.91 Å². The maximum Gasteiger partial charge on any atom is 0.220 e. The Morgan fingerprint density at radius 2 is 2.32 bits per heavy atom. The van der Waals surface area contributed by atoms with E-state index in [0.29, 0.717) is 12.3 Å². The van der Waals surface area contributed by atoms with Crippen molar-refractivity contribution in [2.45, 2.75) is 57.8 Å². The molecule has 0 spiro atoms. The molecular formula is C16H28N2O. The molecule has 0 aromatic carbocycles. The van der Waals surface area contributed by atoms with Crippen LogP contribution in [0.15, 0.2) is 11.6 Å². The van der Waals surface area contributed by atoms with Crippen LogP contribution in [-0.4, -0.2) is 25.5 Å². The van der Waals surface area contributed by atoms with Gasteiger partial charge in [-0.1, -0.05) is 11.6 Å². The van der Waals surface area contributed by atoms with Crippen LogP contribution in [0.1, 0.15) is 57.8 Å². The first kappa shape index (κ1) is 14.6. The highest BCUT2D eigenvalue weighted by atomic mass is 16.1. The van der Waals surface area contributed by atoms with Crippen molar-refractivity contribution in [1.29, 1.82) is 0 Å². The number of nitrogens with one attached hydrogen (secondary N) is 2. The molecule has 1 amide bonds. The van der Waals surface area contributed by atoms with Crippen molar-refractivity contribution < 1.29 is 4.79 Å². The van der Waals surface area contributed by atoms with Crippen molar-refractivity contribution in [3.8, 4) is 0 Å². The standard InChI is InChI=1S/C16H28N2O/c19-16(9-8-15-7-4-11-17-13-15)18-12-10-14-5-2-1-3-6-14/h5,15,17H,1-4,6-13H2,(H,18,19). The number of hydrogen-bond donors (Lipinski definition) is 2. The van der Waals surface area contributed by atoms with Crippen LogP contribution in [0.3, 0.4) is 0 Å². The summed E-state index contributed by atoms with van der Waals surface area (Å²) in [5, 5.41) is 6.47. The van der Waals surface area contributed by atoms with E-state index in [4.69, 9.17) is 0 Å². The Kier molecular flexibility index (Phi) is 6.42. The molecular weight excluding hydrogens is 236 g/mol. The lowest BCUT2D eigenvalue weighted by atomic mass is 9.94. The minimum Gasteiger partial charge on any atom is -0.356 e. The van der Waals surface area contributed by atoms with E-state index in [0.717, 1.165) is 32.5 Å². The van der Waals surface area contributed by atoms with Gasteiger partial charge in [0, 0.05) is 13.0 Å². The summed E-state index contributed by atoms with van der Waals surface area (Å²) in [5.74, 6) is 0.947. The van der Waals surface area contributed by atoms with Gasteiger partial charge in [-0.2, -0.15) is 0 Å². The van der Waals surface area contributed by atoms with E-state index in [9.17, 15) is 4.79 Å². The minimum absolute atomic E-state index is 0.238. The van der Waals surface area contributed by atoms with Gasteiger partial charge in [0.15, 0.2) is 0 Å². The van der Waals surface area contributed by atoms with Crippen molar-refractivity contribution in [3.63, 3.8) is 0 Å². The van der Waals surface area contributed by atoms with Gasteiger partial charge in [-0.3, -0.25) is 4.79 Å².